The van der Waals surface area contributed by atoms with Gasteiger partial charge in [-0.2, -0.15) is 10.4 Å². The normalized spacial score (nSPS) is 17.1. The predicted molar refractivity (Wildman–Crippen MR) is 105 cm³/mol. The third-order valence-electron chi connectivity index (χ3n) is 5.64. The van der Waals surface area contributed by atoms with Gasteiger partial charge in [-0.15, -0.1) is 0 Å². The SMILES string of the molecule is Cn1cc(-c2[nH]c3nccc(N4CCN(C(=O)C5CC5)CC4)c3c2C#N)cn1. The third kappa shape index (κ3) is 2.71. The zero-order valence-electron chi connectivity index (χ0n) is 15.7. The quantitative estimate of drug-likeness (QED) is 0.754. The molecule has 28 heavy (non-hydrogen) atoms. The highest BCUT2D eigenvalue weighted by Crippen LogP contribution is 2.36. The van der Waals surface area contributed by atoms with Gasteiger partial charge in [0.2, 0.25) is 5.91 Å². The van der Waals surface area contributed by atoms with Crippen molar-refractivity contribution < 1.29 is 4.79 Å². The number of anilines is 1. The van der Waals surface area contributed by atoms with Crippen molar-refractivity contribution in [3.8, 4) is 17.3 Å². The maximum atomic E-state index is 12.3. The molecule has 8 heteroatoms. The molecule has 1 aliphatic carbocycles. The van der Waals surface area contributed by atoms with E-state index >= 15 is 0 Å². The number of pyridine rings is 1. The molecule has 2 aliphatic rings. The highest BCUT2D eigenvalue weighted by molar-refractivity contribution is 6.00. The number of nitrogens with one attached hydrogen (secondary N) is 1. The number of nitriles is 1. The molecule has 1 amide bonds. The van der Waals surface area contributed by atoms with Crippen LogP contribution in [0.2, 0.25) is 0 Å². The summed E-state index contributed by atoms with van der Waals surface area (Å²) in [4.78, 5) is 24.3. The zero-order chi connectivity index (χ0) is 19.3. The number of fused-ring (bicyclic) bond motifs is 1. The van der Waals surface area contributed by atoms with E-state index in [1.54, 1.807) is 17.1 Å². The number of amides is 1. The fourth-order valence-electron chi connectivity index (χ4n) is 4.00. The molecule has 3 aromatic rings. The second-order valence-corrected chi connectivity index (χ2v) is 7.53. The predicted octanol–water partition coefficient (Wildman–Crippen LogP) is 1.89. The first-order valence-corrected chi connectivity index (χ1v) is 9.59. The molecule has 5 rings (SSSR count). The van der Waals surface area contributed by atoms with Crippen LogP contribution in [0.1, 0.15) is 18.4 Å². The Labute approximate surface area is 162 Å². The summed E-state index contributed by atoms with van der Waals surface area (Å²) in [5, 5.41) is 14.9. The molecule has 2 fully saturated rings. The van der Waals surface area contributed by atoms with Crippen LogP contribution in [0.4, 0.5) is 5.69 Å². The van der Waals surface area contributed by atoms with Gasteiger partial charge >= 0.3 is 0 Å². The van der Waals surface area contributed by atoms with Crippen molar-refractivity contribution in [2.45, 2.75) is 12.8 Å². The number of aromatic amines is 1. The van der Waals surface area contributed by atoms with Crippen molar-refractivity contribution in [1.29, 1.82) is 5.26 Å². The molecular formula is C20H21N7O. The number of hydrogen-bond acceptors (Lipinski definition) is 5. The van der Waals surface area contributed by atoms with Crippen LogP contribution in [0.3, 0.4) is 0 Å². The summed E-state index contributed by atoms with van der Waals surface area (Å²) >= 11 is 0. The highest BCUT2D eigenvalue weighted by atomic mass is 16.2. The van der Waals surface area contributed by atoms with Crippen LogP contribution in [-0.4, -0.2) is 56.7 Å². The van der Waals surface area contributed by atoms with E-state index in [-0.39, 0.29) is 5.92 Å². The largest absolute Gasteiger partial charge is 0.367 e. The zero-order valence-corrected chi connectivity index (χ0v) is 15.7. The number of H-pyrrole nitrogens is 1. The van der Waals surface area contributed by atoms with Crippen molar-refractivity contribution in [3.63, 3.8) is 0 Å². The van der Waals surface area contributed by atoms with Gasteiger partial charge < -0.3 is 14.8 Å². The van der Waals surface area contributed by atoms with Gasteiger partial charge in [0.1, 0.15) is 11.7 Å². The molecule has 0 bridgehead atoms. The molecule has 0 spiro atoms. The van der Waals surface area contributed by atoms with Crippen molar-refractivity contribution >= 4 is 22.6 Å². The van der Waals surface area contributed by atoms with Crippen molar-refractivity contribution in [3.05, 3.63) is 30.2 Å². The molecule has 3 aromatic heterocycles. The average Bonchev–Trinajstić information content (AvgIpc) is 3.37. The maximum absolute atomic E-state index is 12.3. The summed E-state index contributed by atoms with van der Waals surface area (Å²) in [6, 6.07) is 4.32. The lowest BCUT2D eigenvalue weighted by Crippen LogP contribution is -2.49. The van der Waals surface area contributed by atoms with Gasteiger partial charge in [0.05, 0.1) is 28.5 Å². The minimum atomic E-state index is 0.260. The lowest BCUT2D eigenvalue weighted by molar-refractivity contribution is -0.132. The molecule has 0 atom stereocenters. The van der Waals surface area contributed by atoms with Crippen molar-refractivity contribution in [2.24, 2.45) is 13.0 Å². The number of hydrogen-bond donors (Lipinski definition) is 1. The Hall–Kier alpha value is -3.34. The monoisotopic (exact) mass is 375 g/mol. The summed E-state index contributed by atoms with van der Waals surface area (Å²) in [6.07, 6.45) is 7.47. The standard InChI is InChI=1S/C20H21N7O/c1-25-12-14(11-23-25)18-15(10-21)17-16(4-5-22-19(17)24-18)26-6-8-27(9-7-26)20(28)13-2-3-13/h4-5,11-13H,2-3,6-9H2,1H3,(H,22,24). The van der Waals surface area contributed by atoms with Crippen LogP contribution < -0.4 is 4.90 Å². The van der Waals surface area contributed by atoms with Crippen LogP contribution in [0.15, 0.2) is 24.7 Å². The molecule has 0 radical (unpaired) electrons. The maximum Gasteiger partial charge on any atom is 0.225 e. The molecule has 1 aliphatic heterocycles. The van der Waals surface area contributed by atoms with Gasteiger partial charge in [0.25, 0.3) is 0 Å². The number of carbonyl (C=O) groups is 1. The van der Waals surface area contributed by atoms with Gasteiger partial charge in [-0.1, -0.05) is 0 Å². The first-order chi connectivity index (χ1) is 13.7. The number of aromatic nitrogens is 4. The number of nitrogens with zero attached hydrogens (tertiary/aromatic N) is 6. The van der Waals surface area contributed by atoms with Gasteiger partial charge in [0, 0.05) is 57.1 Å². The van der Waals surface area contributed by atoms with Crippen LogP contribution >= 0.6 is 0 Å². The number of rotatable bonds is 3. The van der Waals surface area contributed by atoms with Crippen molar-refractivity contribution in [1.82, 2.24) is 24.6 Å². The van der Waals surface area contributed by atoms with E-state index in [1.165, 1.54) is 0 Å². The lowest BCUT2D eigenvalue weighted by atomic mass is 10.1. The first-order valence-electron chi connectivity index (χ1n) is 9.59. The van der Waals surface area contributed by atoms with Crippen LogP contribution in [-0.2, 0) is 11.8 Å². The van der Waals surface area contributed by atoms with Gasteiger partial charge in [0.15, 0.2) is 0 Å². The summed E-state index contributed by atoms with van der Waals surface area (Å²) < 4.78 is 1.71. The highest BCUT2D eigenvalue weighted by Gasteiger charge is 2.35. The Bertz CT molecular complexity index is 1090. The van der Waals surface area contributed by atoms with Crippen LogP contribution in [0, 0.1) is 17.2 Å². The first kappa shape index (κ1) is 16.8. The van der Waals surface area contributed by atoms with E-state index in [0.29, 0.717) is 17.1 Å². The minimum Gasteiger partial charge on any atom is -0.367 e. The van der Waals surface area contributed by atoms with E-state index in [0.717, 1.165) is 61.4 Å². The fraction of sp³-hybridized carbons (Fsp3) is 0.400. The fourth-order valence-corrected chi connectivity index (χ4v) is 4.00. The summed E-state index contributed by atoms with van der Waals surface area (Å²) in [5.41, 5.74) is 3.88. The van der Waals surface area contributed by atoms with Gasteiger partial charge in [-0.05, 0) is 18.9 Å². The summed E-state index contributed by atoms with van der Waals surface area (Å²) in [5.74, 6) is 0.564. The number of aryl methyl sites for hydroxylation is 1. The average molecular weight is 375 g/mol. The van der Waals surface area contributed by atoms with Crippen LogP contribution in [0.25, 0.3) is 22.3 Å². The third-order valence-corrected chi connectivity index (χ3v) is 5.64. The Balaban J connectivity index is 1.49. The van der Waals surface area contributed by atoms with Crippen LogP contribution in [0.5, 0.6) is 0 Å². The molecule has 1 N–H and O–H groups in total. The van der Waals surface area contributed by atoms with E-state index in [4.69, 9.17) is 0 Å². The Morgan fingerprint density at radius 2 is 2.07 bits per heavy atom. The second-order valence-electron chi connectivity index (χ2n) is 7.53. The molecule has 4 heterocycles. The lowest BCUT2D eigenvalue weighted by Gasteiger charge is -2.36. The molecular weight excluding hydrogens is 354 g/mol. The van der Waals surface area contributed by atoms with Gasteiger partial charge in [-0.25, -0.2) is 4.98 Å². The van der Waals surface area contributed by atoms with Gasteiger partial charge in [-0.3, -0.25) is 9.48 Å². The smallest absolute Gasteiger partial charge is 0.225 e. The molecule has 0 unspecified atom stereocenters. The van der Waals surface area contributed by atoms with E-state index in [1.807, 2.05) is 24.2 Å². The molecule has 142 valence electrons. The molecule has 1 saturated carbocycles. The second kappa shape index (κ2) is 6.37. The summed E-state index contributed by atoms with van der Waals surface area (Å²) in [7, 11) is 1.85. The molecule has 1 saturated heterocycles. The Morgan fingerprint density at radius 1 is 1.29 bits per heavy atom. The minimum absolute atomic E-state index is 0.260. The molecule has 8 nitrogen and oxygen atoms in total. The van der Waals surface area contributed by atoms with Crippen molar-refractivity contribution in [2.75, 3.05) is 31.1 Å². The van der Waals surface area contributed by atoms with E-state index in [9.17, 15) is 10.1 Å². The topological polar surface area (TPSA) is 93.8 Å². The summed E-state index contributed by atoms with van der Waals surface area (Å²) in [6.45, 7) is 2.97. The number of carbonyl (C=O) groups excluding carboxylic acids is 1. The Morgan fingerprint density at radius 3 is 2.71 bits per heavy atom. The molecule has 0 aromatic carbocycles. The Kier molecular flexibility index (Phi) is 3.83. The number of piperazine rings is 1. The van der Waals surface area contributed by atoms with E-state index in [2.05, 4.69) is 26.0 Å². The van der Waals surface area contributed by atoms with E-state index < -0.39 is 0 Å².